The maximum Gasteiger partial charge on any atom is 0.228 e. The maximum atomic E-state index is 12.4. The van der Waals surface area contributed by atoms with E-state index in [-0.39, 0.29) is 11.3 Å². The molecule has 0 aliphatic heterocycles. The maximum absolute atomic E-state index is 12.4. The van der Waals surface area contributed by atoms with Crippen LogP contribution in [0.25, 0.3) is 33.3 Å². The van der Waals surface area contributed by atoms with E-state index in [2.05, 4.69) is 37.0 Å². The van der Waals surface area contributed by atoms with Gasteiger partial charge in [0.15, 0.2) is 0 Å². The van der Waals surface area contributed by atoms with Gasteiger partial charge in [0, 0.05) is 22.7 Å². The molecule has 5 rings (SSSR count). The lowest BCUT2D eigenvalue weighted by Gasteiger charge is -2.51. The van der Waals surface area contributed by atoms with Gasteiger partial charge < -0.3 is 5.73 Å². The zero-order valence-corrected chi connectivity index (χ0v) is 18.9. The minimum atomic E-state index is -0.583. The average Bonchev–Trinajstić information content (AvgIpc) is 2.77. The SMILES string of the molecule is CC1(C)CC(C(N)=O)(c2ccc(-c3nc4ccnc(Cl)c4cc3-c3ccccc3)cc2)C1. The van der Waals surface area contributed by atoms with Crippen LogP contribution in [0.15, 0.2) is 72.9 Å². The Kier molecular flexibility index (Phi) is 4.79. The van der Waals surface area contributed by atoms with Crippen LogP contribution in [0.3, 0.4) is 0 Å². The van der Waals surface area contributed by atoms with Crippen molar-refractivity contribution in [2.45, 2.75) is 32.1 Å². The molecule has 4 aromatic rings. The van der Waals surface area contributed by atoms with Crippen LogP contribution in [0.2, 0.25) is 5.15 Å². The highest BCUT2D eigenvalue weighted by Gasteiger charge is 2.54. The van der Waals surface area contributed by atoms with Crippen LogP contribution in [0.5, 0.6) is 0 Å². The predicted molar refractivity (Wildman–Crippen MR) is 129 cm³/mol. The number of carbonyl (C=O) groups is 1. The van der Waals surface area contributed by atoms with Gasteiger partial charge in [0.25, 0.3) is 0 Å². The molecule has 2 aromatic carbocycles. The number of aromatic nitrogens is 2. The molecule has 1 aliphatic rings. The molecule has 5 heteroatoms. The van der Waals surface area contributed by atoms with E-state index in [1.54, 1.807) is 6.20 Å². The summed E-state index contributed by atoms with van der Waals surface area (Å²) in [4.78, 5) is 21.5. The molecule has 0 saturated heterocycles. The second-order valence-electron chi connectivity index (χ2n) is 9.46. The first-order valence-electron chi connectivity index (χ1n) is 10.7. The highest BCUT2D eigenvalue weighted by Crippen LogP contribution is 2.55. The number of hydrogen-bond acceptors (Lipinski definition) is 3. The van der Waals surface area contributed by atoms with Crippen molar-refractivity contribution in [1.29, 1.82) is 0 Å². The monoisotopic (exact) mass is 441 g/mol. The number of amides is 1. The summed E-state index contributed by atoms with van der Waals surface area (Å²) in [5.41, 5.74) is 11.0. The summed E-state index contributed by atoms with van der Waals surface area (Å²) in [6.07, 6.45) is 3.20. The Morgan fingerprint density at radius 2 is 1.66 bits per heavy atom. The van der Waals surface area contributed by atoms with Crippen molar-refractivity contribution in [3.05, 3.63) is 83.6 Å². The molecule has 0 radical (unpaired) electrons. The first kappa shape index (κ1) is 20.7. The van der Waals surface area contributed by atoms with E-state index in [9.17, 15) is 4.79 Å². The number of nitrogens with zero attached hydrogens (tertiary/aromatic N) is 2. The van der Waals surface area contributed by atoms with Gasteiger partial charge in [-0.3, -0.25) is 4.79 Å². The fourth-order valence-corrected chi connectivity index (χ4v) is 5.38. The van der Waals surface area contributed by atoms with Crippen LogP contribution in [0.1, 0.15) is 32.3 Å². The van der Waals surface area contributed by atoms with Gasteiger partial charge in [-0.1, -0.05) is 80.0 Å². The molecule has 1 saturated carbocycles. The van der Waals surface area contributed by atoms with E-state index in [0.717, 1.165) is 51.7 Å². The van der Waals surface area contributed by atoms with Crippen molar-refractivity contribution < 1.29 is 4.79 Å². The summed E-state index contributed by atoms with van der Waals surface area (Å²) >= 11 is 6.37. The first-order chi connectivity index (χ1) is 15.3. The molecule has 2 aromatic heterocycles. The van der Waals surface area contributed by atoms with Crippen LogP contribution in [0, 0.1) is 5.41 Å². The van der Waals surface area contributed by atoms with E-state index in [1.807, 2.05) is 48.5 Å². The second-order valence-corrected chi connectivity index (χ2v) is 9.82. The normalized spacial score (nSPS) is 16.5. The van der Waals surface area contributed by atoms with Crippen molar-refractivity contribution in [1.82, 2.24) is 9.97 Å². The molecule has 0 bridgehead atoms. The summed E-state index contributed by atoms with van der Waals surface area (Å²) in [6.45, 7) is 4.35. The van der Waals surface area contributed by atoms with Crippen LogP contribution >= 0.6 is 11.6 Å². The van der Waals surface area contributed by atoms with Gasteiger partial charge in [0.1, 0.15) is 5.15 Å². The lowest BCUT2D eigenvalue weighted by Crippen LogP contribution is -2.54. The molecule has 2 N–H and O–H groups in total. The number of hydrogen-bond donors (Lipinski definition) is 1. The third-order valence-corrected chi connectivity index (χ3v) is 6.82. The summed E-state index contributed by atoms with van der Waals surface area (Å²) < 4.78 is 0. The van der Waals surface area contributed by atoms with Crippen LogP contribution < -0.4 is 5.73 Å². The summed E-state index contributed by atoms with van der Waals surface area (Å²) in [6, 6.07) is 22.2. The third kappa shape index (κ3) is 3.35. The highest BCUT2D eigenvalue weighted by molar-refractivity contribution is 6.34. The van der Waals surface area contributed by atoms with E-state index in [4.69, 9.17) is 22.3 Å². The van der Waals surface area contributed by atoms with Gasteiger partial charge >= 0.3 is 0 Å². The van der Waals surface area contributed by atoms with Gasteiger partial charge in [-0.2, -0.15) is 0 Å². The Balaban J connectivity index is 1.64. The molecule has 1 aliphatic carbocycles. The van der Waals surface area contributed by atoms with E-state index >= 15 is 0 Å². The van der Waals surface area contributed by atoms with Crippen LogP contribution in [-0.2, 0) is 10.2 Å². The quantitative estimate of drug-likeness (QED) is 0.385. The van der Waals surface area contributed by atoms with E-state index < -0.39 is 5.41 Å². The fourth-order valence-electron chi connectivity index (χ4n) is 5.17. The minimum Gasteiger partial charge on any atom is -0.369 e. The number of primary amides is 1. The molecule has 0 atom stereocenters. The molecule has 4 nitrogen and oxygen atoms in total. The standard InChI is InChI=1S/C27H24ClN3O/c1-26(2)15-27(16-26,25(29)32)19-10-8-18(9-11-19)23-20(17-6-4-3-5-7-17)14-21-22(31-23)12-13-30-24(21)28/h3-14H,15-16H2,1-2H3,(H2,29,32). The molecule has 1 amide bonds. The number of pyridine rings is 2. The molecule has 0 unspecified atom stereocenters. The van der Waals surface area contributed by atoms with Gasteiger partial charge in [0.2, 0.25) is 5.91 Å². The summed E-state index contributed by atoms with van der Waals surface area (Å²) in [5.74, 6) is -0.250. The van der Waals surface area contributed by atoms with Crippen LogP contribution in [-0.4, -0.2) is 15.9 Å². The largest absolute Gasteiger partial charge is 0.369 e. The Labute approximate surface area is 192 Å². The molecule has 2 heterocycles. The van der Waals surface area contributed by atoms with Crippen molar-refractivity contribution in [3.8, 4) is 22.4 Å². The zero-order chi connectivity index (χ0) is 22.5. The lowest BCUT2D eigenvalue weighted by atomic mass is 9.51. The molecule has 32 heavy (non-hydrogen) atoms. The van der Waals surface area contributed by atoms with Crippen molar-refractivity contribution in [2.75, 3.05) is 0 Å². The van der Waals surface area contributed by atoms with Crippen LogP contribution in [0.4, 0.5) is 0 Å². The second kappa shape index (κ2) is 7.42. The average molecular weight is 442 g/mol. The zero-order valence-electron chi connectivity index (χ0n) is 18.1. The summed E-state index contributed by atoms with van der Waals surface area (Å²) in [7, 11) is 0. The number of nitrogens with two attached hydrogens (primary N) is 1. The fraction of sp³-hybridized carbons (Fsp3) is 0.222. The van der Waals surface area contributed by atoms with Crippen molar-refractivity contribution in [2.24, 2.45) is 11.1 Å². The van der Waals surface area contributed by atoms with Gasteiger partial charge in [-0.05, 0) is 41.5 Å². The Morgan fingerprint density at radius 1 is 0.969 bits per heavy atom. The predicted octanol–water partition coefficient (Wildman–Crippen LogP) is 6.16. The number of carbonyl (C=O) groups excluding carboxylic acids is 1. The smallest absolute Gasteiger partial charge is 0.228 e. The minimum absolute atomic E-state index is 0.126. The number of rotatable bonds is 4. The van der Waals surface area contributed by atoms with Gasteiger partial charge in [0.05, 0.1) is 16.6 Å². The Hall–Kier alpha value is -3.24. The van der Waals surface area contributed by atoms with E-state index in [1.165, 1.54) is 0 Å². The molecular weight excluding hydrogens is 418 g/mol. The van der Waals surface area contributed by atoms with Gasteiger partial charge in [-0.25, -0.2) is 9.97 Å². The molecule has 0 spiro atoms. The number of fused-ring (bicyclic) bond motifs is 1. The Bertz CT molecular complexity index is 1320. The van der Waals surface area contributed by atoms with Crippen molar-refractivity contribution in [3.63, 3.8) is 0 Å². The lowest BCUT2D eigenvalue weighted by molar-refractivity contribution is -0.131. The van der Waals surface area contributed by atoms with Gasteiger partial charge in [-0.15, -0.1) is 0 Å². The van der Waals surface area contributed by atoms with Crippen molar-refractivity contribution >= 4 is 28.4 Å². The number of halogens is 1. The molecule has 160 valence electrons. The first-order valence-corrected chi connectivity index (χ1v) is 11.1. The topological polar surface area (TPSA) is 68.9 Å². The molecule has 1 fully saturated rings. The third-order valence-electron chi connectivity index (χ3n) is 6.52. The molecular formula is C27H24ClN3O. The summed E-state index contributed by atoms with van der Waals surface area (Å²) in [5, 5.41) is 1.25. The highest BCUT2D eigenvalue weighted by atomic mass is 35.5. The number of benzene rings is 2. The Morgan fingerprint density at radius 3 is 2.28 bits per heavy atom. The van der Waals surface area contributed by atoms with E-state index in [0.29, 0.717) is 5.15 Å².